The molecular weight excluding hydrogens is 240 g/mol. The number of halogens is 1. The Balaban J connectivity index is 2.01. The molecule has 0 saturated heterocycles. The van der Waals surface area contributed by atoms with Crippen LogP contribution in [0.3, 0.4) is 0 Å². The largest absolute Gasteiger partial charge is 0.489 e. The van der Waals surface area contributed by atoms with Gasteiger partial charge in [0, 0.05) is 5.56 Å². The molecule has 1 N–H and O–H groups in total. The van der Waals surface area contributed by atoms with Gasteiger partial charge in [0.1, 0.15) is 18.6 Å². The van der Waals surface area contributed by atoms with Crippen molar-refractivity contribution in [3.63, 3.8) is 0 Å². The van der Waals surface area contributed by atoms with Crippen molar-refractivity contribution in [2.45, 2.75) is 31.3 Å². The third kappa shape index (κ3) is 2.99. The second kappa shape index (κ2) is 5.07. The maximum Gasteiger partial charge on any atom is 0.150 e. The Morgan fingerprint density at radius 1 is 1.41 bits per heavy atom. The highest BCUT2D eigenvalue weighted by atomic mass is 35.5. The molecule has 1 saturated carbocycles. The average molecular weight is 255 g/mol. The second-order valence-electron chi connectivity index (χ2n) is 4.53. The van der Waals surface area contributed by atoms with Gasteiger partial charge in [-0.3, -0.25) is 4.79 Å². The van der Waals surface area contributed by atoms with Crippen LogP contribution >= 0.6 is 11.6 Å². The lowest BCUT2D eigenvalue weighted by atomic mass is 10.0. The molecule has 1 aliphatic rings. The fourth-order valence-electron chi connectivity index (χ4n) is 2.10. The van der Waals surface area contributed by atoms with Crippen molar-refractivity contribution in [1.82, 2.24) is 0 Å². The SMILES string of the molecule is O=Cc1ccc(OCC2(O)CCCC2)c(Cl)c1. The van der Waals surface area contributed by atoms with Crippen molar-refractivity contribution in [2.75, 3.05) is 6.61 Å². The number of carbonyl (C=O) groups is 1. The summed E-state index contributed by atoms with van der Waals surface area (Å²) in [5.41, 5.74) is -0.200. The minimum absolute atomic E-state index is 0.257. The highest BCUT2D eigenvalue weighted by molar-refractivity contribution is 6.32. The first-order valence-corrected chi connectivity index (χ1v) is 6.11. The monoisotopic (exact) mass is 254 g/mol. The first-order valence-electron chi connectivity index (χ1n) is 5.73. The molecule has 3 nitrogen and oxygen atoms in total. The topological polar surface area (TPSA) is 46.5 Å². The van der Waals surface area contributed by atoms with Crippen molar-refractivity contribution < 1.29 is 14.6 Å². The van der Waals surface area contributed by atoms with Crippen LogP contribution in [0.4, 0.5) is 0 Å². The first-order chi connectivity index (χ1) is 8.13. The van der Waals surface area contributed by atoms with E-state index >= 15 is 0 Å². The lowest BCUT2D eigenvalue weighted by molar-refractivity contribution is 0.00144. The van der Waals surface area contributed by atoms with Gasteiger partial charge in [-0.25, -0.2) is 0 Å². The third-order valence-electron chi connectivity index (χ3n) is 3.12. The minimum atomic E-state index is -0.716. The standard InChI is InChI=1S/C13H15ClO3/c14-11-7-10(8-15)3-4-12(11)17-9-13(16)5-1-2-6-13/h3-4,7-8,16H,1-2,5-6,9H2. The Hall–Kier alpha value is -1.06. The zero-order valence-electron chi connectivity index (χ0n) is 9.49. The van der Waals surface area contributed by atoms with E-state index in [0.717, 1.165) is 32.0 Å². The molecule has 2 rings (SSSR count). The van der Waals surface area contributed by atoms with Crippen LogP contribution in [0.25, 0.3) is 0 Å². The van der Waals surface area contributed by atoms with Gasteiger partial charge in [0.25, 0.3) is 0 Å². The van der Waals surface area contributed by atoms with Gasteiger partial charge in [0.05, 0.1) is 10.6 Å². The number of hydrogen-bond acceptors (Lipinski definition) is 3. The highest BCUT2D eigenvalue weighted by Gasteiger charge is 2.32. The molecule has 0 atom stereocenters. The van der Waals surface area contributed by atoms with Crippen LogP contribution in [0.15, 0.2) is 18.2 Å². The molecule has 1 aliphatic carbocycles. The van der Waals surface area contributed by atoms with E-state index in [4.69, 9.17) is 16.3 Å². The van der Waals surface area contributed by atoms with Crippen molar-refractivity contribution in [3.8, 4) is 5.75 Å². The fraction of sp³-hybridized carbons (Fsp3) is 0.462. The van der Waals surface area contributed by atoms with Gasteiger partial charge in [-0.2, -0.15) is 0 Å². The Kier molecular flexibility index (Phi) is 3.69. The number of carbonyl (C=O) groups excluding carboxylic acids is 1. The van der Waals surface area contributed by atoms with Gasteiger partial charge in [-0.1, -0.05) is 24.4 Å². The zero-order valence-corrected chi connectivity index (χ0v) is 10.2. The summed E-state index contributed by atoms with van der Waals surface area (Å²) in [6.45, 7) is 0.257. The Morgan fingerprint density at radius 3 is 2.71 bits per heavy atom. The van der Waals surface area contributed by atoms with Gasteiger partial charge >= 0.3 is 0 Å². The third-order valence-corrected chi connectivity index (χ3v) is 3.42. The maximum absolute atomic E-state index is 10.5. The minimum Gasteiger partial charge on any atom is -0.489 e. The van der Waals surface area contributed by atoms with E-state index in [2.05, 4.69) is 0 Å². The molecule has 1 fully saturated rings. The molecule has 0 unspecified atom stereocenters. The number of aldehydes is 1. The summed E-state index contributed by atoms with van der Waals surface area (Å²) in [6, 6.07) is 4.86. The van der Waals surface area contributed by atoms with Crippen molar-refractivity contribution in [2.24, 2.45) is 0 Å². The number of benzene rings is 1. The van der Waals surface area contributed by atoms with Crippen LogP contribution in [-0.2, 0) is 0 Å². The molecule has 1 aromatic carbocycles. The van der Waals surface area contributed by atoms with E-state index in [0.29, 0.717) is 16.3 Å². The lowest BCUT2D eigenvalue weighted by Gasteiger charge is -2.22. The summed E-state index contributed by atoms with van der Waals surface area (Å²) in [7, 11) is 0. The predicted octanol–water partition coefficient (Wildman–Crippen LogP) is 2.84. The lowest BCUT2D eigenvalue weighted by Crippen LogP contribution is -2.32. The van der Waals surface area contributed by atoms with Crippen LogP contribution in [0, 0.1) is 0 Å². The molecule has 0 aliphatic heterocycles. The fourth-order valence-corrected chi connectivity index (χ4v) is 2.34. The van der Waals surface area contributed by atoms with Gasteiger partial charge in [0.15, 0.2) is 0 Å². The number of hydrogen-bond donors (Lipinski definition) is 1. The van der Waals surface area contributed by atoms with Crippen LogP contribution in [0.5, 0.6) is 5.75 Å². The molecule has 0 radical (unpaired) electrons. The smallest absolute Gasteiger partial charge is 0.150 e. The second-order valence-corrected chi connectivity index (χ2v) is 4.94. The highest BCUT2D eigenvalue weighted by Crippen LogP contribution is 2.32. The van der Waals surface area contributed by atoms with E-state index in [-0.39, 0.29) is 6.61 Å². The average Bonchev–Trinajstić information content (AvgIpc) is 2.75. The van der Waals surface area contributed by atoms with Crippen molar-refractivity contribution in [3.05, 3.63) is 28.8 Å². The van der Waals surface area contributed by atoms with Crippen LogP contribution in [0.2, 0.25) is 5.02 Å². The molecule has 1 aromatic rings. The number of rotatable bonds is 4. The summed E-state index contributed by atoms with van der Waals surface area (Å²) in [6.07, 6.45) is 4.36. The van der Waals surface area contributed by atoms with E-state index in [1.807, 2.05) is 0 Å². The van der Waals surface area contributed by atoms with Gasteiger partial charge < -0.3 is 9.84 Å². The summed E-state index contributed by atoms with van der Waals surface area (Å²) < 4.78 is 5.53. The van der Waals surface area contributed by atoms with E-state index in [1.165, 1.54) is 0 Å². The summed E-state index contributed by atoms with van der Waals surface area (Å²) in [4.78, 5) is 10.5. The van der Waals surface area contributed by atoms with Crippen LogP contribution in [0.1, 0.15) is 36.0 Å². The molecule has 0 spiro atoms. The maximum atomic E-state index is 10.5. The quantitative estimate of drug-likeness (QED) is 0.841. The molecular formula is C13H15ClO3. The van der Waals surface area contributed by atoms with E-state index in [1.54, 1.807) is 18.2 Å². The molecule has 0 amide bonds. The van der Waals surface area contributed by atoms with Gasteiger partial charge in [-0.15, -0.1) is 0 Å². The van der Waals surface area contributed by atoms with Crippen molar-refractivity contribution >= 4 is 17.9 Å². The summed E-state index contributed by atoms with van der Waals surface area (Å²) in [5.74, 6) is 0.512. The summed E-state index contributed by atoms with van der Waals surface area (Å²) in [5, 5.41) is 10.5. The molecule has 92 valence electrons. The Labute approximate surface area is 105 Å². The molecule has 0 heterocycles. The summed E-state index contributed by atoms with van der Waals surface area (Å²) >= 11 is 5.97. The zero-order chi connectivity index (χ0) is 12.3. The molecule has 4 heteroatoms. The molecule has 0 bridgehead atoms. The Morgan fingerprint density at radius 2 is 2.12 bits per heavy atom. The van der Waals surface area contributed by atoms with Crippen molar-refractivity contribution in [1.29, 1.82) is 0 Å². The van der Waals surface area contributed by atoms with Crippen LogP contribution in [-0.4, -0.2) is 23.6 Å². The van der Waals surface area contributed by atoms with E-state index in [9.17, 15) is 9.90 Å². The van der Waals surface area contributed by atoms with Gasteiger partial charge in [-0.05, 0) is 31.0 Å². The Bertz CT molecular complexity index is 411. The first kappa shape index (κ1) is 12.4. The number of aliphatic hydroxyl groups is 1. The number of ether oxygens (including phenoxy) is 1. The molecule has 0 aromatic heterocycles. The predicted molar refractivity (Wildman–Crippen MR) is 65.8 cm³/mol. The molecule has 17 heavy (non-hydrogen) atoms. The van der Waals surface area contributed by atoms with E-state index < -0.39 is 5.60 Å². The van der Waals surface area contributed by atoms with Gasteiger partial charge in [0.2, 0.25) is 0 Å². The normalized spacial score (nSPS) is 18.0. The van der Waals surface area contributed by atoms with Crippen LogP contribution < -0.4 is 4.74 Å².